The molecule has 150 valence electrons. The molecule has 0 aliphatic rings. The van der Waals surface area contributed by atoms with E-state index in [9.17, 15) is 13.2 Å². The molecule has 1 heterocycles. The number of rotatable bonds is 4. The van der Waals surface area contributed by atoms with E-state index < -0.39 is 11.7 Å². The van der Waals surface area contributed by atoms with Gasteiger partial charge in [0.15, 0.2) is 5.11 Å². The Morgan fingerprint density at radius 2 is 1.79 bits per heavy atom. The number of pyridine rings is 1. The van der Waals surface area contributed by atoms with Crippen LogP contribution in [0.2, 0.25) is 0 Å². The Morgan fingerprint density at radius 3 is 2.45 bits per heavy atom. The van der Waals surface area contributed by atoms with E-state index in [0.717, 1.165) is 29.1 Å². The lowest BCUT2D eigenvalue weighted by atomic mass is 10.1. The lowest BCUT2D eigenvalue weighted by Gasteiger charge is -2.12. The van der Waals surface area contributed by atoms with Gasteiger partial charge in [0.25, 0.3) is 0 Å². The first-order chi connectivity index (χ1) is 13.8. The van der Waals surface area contributed by atoms with Crippen LogP contribution >= 0.6 is 12.2 Å². The molecule has 0 atom stereocenters. The molecule has 2 aromatic carbocycles. The zero-order chi connectivity index (χ0) is 21.0. The second-order valence-electron chi connectivity index (χ2n) is 6.18. The third-order valence-corrected chi connectivity index (χ3v) is 4.50. The molecule has 5 nitrogen and oxygen atoms in total. The molecule has 9 heteroatoms. The lowest BCUT2D eigenvalue weighted by Crippen LogP contribution is -2.29. The number of alkyl halides is 3. The standard InChI is InChI=1S/C20H18F3N5S/c1-12(27-28-19(29)24-2)13-3-6-15(7-4-13)26-17-9-10-25-18-11-14(20(21,22)23)5-8-16(17)18/h3-11H,1-2H3,(H,25,26)(H2,24,28,29)/b27-12+. The van der Waals surface area contributed by atoms with Crippen LogP contribution in [0.3, 0.4) is 0 Å². The number of fused-ring (bicyclic) bond motifs is 1. The van der Waals surface area contributed by atoms with Crippen LogP contribution in [0.4, 0.5) is 24.5 Å². The average molecular weight is 417 g/mol. The molecular weight excluding hydrogens is 399 g/mol. The highest BCUT2D eigenvalue weighted by Gasteiger charge is 2.30. The summed E-state index contributed by atoms with van der Waals surface area (Å²) in [5.41, 5.74) is 5.38. The topological polar surface area (TPSA) is 61.3 Å². The number of aromatic nitrogens is 1. The summed E-state index contributed by atoms with van der Waals surface area (Å²) in [6, 6.07) is 12.7. The summed E-state index contributed by atoms with van der Waals surface area (Å²) in [6.45, 7) is 1.85. The number of hydrogen-bond acceptors (Lipinski definition) is 4. The fourth-order valence-corrected chi connectivity index (χ4v) is 2.68. The summed E-state index contributed by atoms with van der Waals surface area (Å²) in [7, 11) is 1.70. The molecule has 3 N–H and O–H groups in total. The molecule has 0 aliphatic carbocycles. The molecule has 0 fully saturated rings. The third-order valence-electron chi connectivity index (χ3n) is 4.20. The fourth-order valence-electron chi connectivity index (χ4n) is 2.64. The van der Waals surface area contributed by atoms with E-state index in [0.29, 0.717) is 16.2 Å². The van der Waals surface area contributed by atoms with Crippen LogP contribution in [-0.4, -0.2) is 22.9 Å². The van der Waals surface area contributed by atoms with Gasteiger partial charge in [0, 0.05) is 30.0 Å². The zero-order valence-electron chi connectivity index (χ0n) is 15.6. The smallest absolute Gasteiger partial charge is 0.364 e. The zero-order valence-corrected chi connectivity index (χ0v) is 16.4. The Labute approximate surface area is 171 Å². The van der Waals surface area contributed by atoms with Crippen molar-refractivity contribution in [3.8, 4) is 0 Å². The quantitative estimate of drug-likeness (QED) is 0.323. The number of thiocarbonyl (C=S) groups is 1. The molecule has 0 aliphatic heterocycles. The number of anilines is 2. The van der Waals surface area contributed by atoms with Crippen LogP contribution in [-0.2, 0) is 6.18 Å². The van der Waals surface area contributed by atoms with Gasteiger partial charge in [0.05, 0.1) is 16.8 Å². The maximum atomic E-state index is 12.9. The highest BCUT2D eigenvalue weighted by Crippen LogP contribution is 2.33. The van der Waals surface area contributed by atoms with Crippen molar-refractivity contribution in [1.82, 2.24) is 15.7 Å². The van der Waals surface area contributed by atoms with Gasteiger partial charge in [-0.05, 0) is 55.0 Å². The van der Waals surface area contributed by atoms with Crippen LogP contribution in [0.5, 0.6) is 0 Å². The Balaban J connectivity index is 1.81. The van der Waals surface area contributed by atoms with E-state index >= 15 is 0 Å². The van der Waals surface area contributed by atoms with Crippen molar-refractivity contribution in [2.24, 2.45) is 5.10 Å². The van der Waals surface area contributed by atoms with Gasteiger partial charge in [-0.25, -0.2) is 0 Å². The summed E-state index contributed by atoms with van der Waals surface area (Å²) in [4.78, 5) is 4.06. The number of benzene rings is 2. The minimum absolute atomic E-state index is 0.274. The summed E-state index contributed by atoms with van der Waals surface area (Å²) in [5, 5.41) is 11.2. The Hall–Kier alpha value is -3.20. The molecule has 3 aromatic rings. The molecule has 0 unspecified atom stereocenters. The molecule has 0 saturated carbocycles. The number of nitrogens with one attached hydrogen (secondary N) is 3. The molecule has 29 heavy (non-hydrogen) atoms. The first-order valence-corrected chi connectivity index (χ1v) is 9.04. The third kappa shape index (κ3) is 5.00. The number of hydrogen-bond donors (Lipinski definition) is 3. The van der Waals surface area contributed by atoms with E-state index in [2.05, 4.69) is 26.1 Å². The lowest BCUT2D eigenvalue weighted by molar-refractivity contribution is -0.137. The van der Waals surface area contributed by atoms with Gasteiger partial charge in [-0.15, -0.1) is 0 Å². The second kappa shape index (κ2) is 8.44. The van der Waals surface area contributed by atoms with Gasteiger partial charge >= 0.3 is 6.18 Å². The predicted molar refractivity (Wildman–Crippen MR) is 113 cm³/mol. The van der Waals surface area contributed by atoms with E-state index in [1.165, 1.54) is 12.3 Å². The minimum atomic E-state index is -4.40. The van der Waals surface area contributed by atoms with Crippen molar-refractivity contribution in [1.29, 1.82) is 0 Å². The summed E-state index contributed by atoms with van der Waals surface area (Å²) in [6.07, 6.45) is -2.92. The Kier molecular flexibility index (Phi) is 5.97. The highest BCUT2D eigenvalue weighted by atomic mass is 32.1. The van der Waals surface area contributed by atoms with Crippen LogP contribution in [0.1, 0.15) is 18.1 Å². The fraction of sp³-hybridized carbons (Fsp3) is 0.150. The summed E-state index contributed by atoms with van der Waals surface area (Å²) >= 11 is 4.98. The summed E-state index contributed by atoms with van der Waals surface area (Å²) in [5.74, 6) is 0. The summed E-state index contributed by atoms with van der Waals surface area (Å²) < 4.78 is 38.8. The van der Waals surface area contributed by atoms with Gasteiger partial charge < -0.3 is 10.6 Å². The largest absolute Gasteiger partial charge is 0.416 e. The van der Waals surface area contributed by atoms with Crippen LogP contribution in [0.15, 0.2) is 59.8 Å². The second-order valence-corrected chi connectivity index (χ2v) is 6.59. The van der Waals surface area contributed by atoms with Crippen LogP contribution < -0.4 is 16.1 Å². The predicted octanol–water partition coefficient (Wildman–Crippen LogP) is 4.82. The van der Waals surface area contributed by atoms with Crippen molar-refractivity contribution in [3.63, 3.8) is 0 Å². The molecule has 0 bridgehead atoms. The molecule has 1 aromatic heterocycles. The van der Waals surface area contributed by atoms with Crippen LogP contribution in [0.25, 0.3) is 10.9 Å². The monoisotopic (exact) mass is 417 g/mol. The first-order valence-electron chi connectivity index (χ1n) is 8.63. The van der Waals surface area contributed by atoms with Gasteiger partial charge in [-0.3, -0.25) is 10.4 Å². The molecule has 0 amide bonds. The van der Waals surface area contributed by atoms with E-state index in [1.54, 1.807) is 13.1 Å². The molecule has 3 rings (SSSR count). The van der Waals surface area contributed by atoms with E-state index in [4.69, 9.17) is 12.2 Å². The highest BCUT2D eigenvalue weighted by molar-refractivity contribution is 7.80. The maximum absolute atomic E-state index is 12.9. The number of nitrogens with zero attached hydrogens (tertiary/aromatic N) is 2. The molecule has 0 saturated heterocycles. The number of halogens is 3. The van der Waals surface area contributed by atoms with Gasteiger partial charge in [-0.1, -0.05) is 18.2 Å². The maximum Gasteiger partial charge on any atom is 0.416 e. The first kappa shape index (κ1) is 20.5. The van der Waals surface area contributed by atoms with Gasteiger partial charge in [-0.2, -0.15) is 18.3 Å². The minimum Gasteiger partial charge on any atom is -0.364 e. The average Bonchev–Trinajstić information content (AvgIpc) is 2.71. The van der Waals surface area contributed by atoms with E-state index in [-0.39, 0.29) is 5.52 Å². The Morgan fingerprint density at radius 1 is 1.07 bits per heavy atom. The van der Waals surface area contributed by atoms with Gasteiger partial charge in [0.1, 0.15) is 0 Å². The van der Waals surface area contributed by atoms with Crippen molar-refractivity contribution >= 4 is 45.3 Å². The van der Waals surface area contributed by atoms with Crippen molar-refractivity contribution in [3.05, 3.63) is 65.9 Å². The molecular formula is C20H18F3N5S. The Bertz CT molecular complexity index is 1060. The molecule has 0 radical (unpaired) electrons. The number of hydrazone groups is 1. The normalized spacial score (nSPS) is 12.0. The van der Waals surface area contributed by atoms with Crippen molar-refractivity contribution in [2.75, 3.05) is 12.4 Å². The van der Waals surface area contributed by atoms with Crippen molar-refractivity contribution < 1.29 is 13.2 Å². The van der Waals surface area contributed by atoms with Gasteiger partial charge in [0.2, 0.25) is 0 Å². The SMILES string of the molecule is CNC(=S)N/N=C(\C)c1ccc(Nc2ccnc3cc(C(F)(F)F)ccc23)cc1. The van der Waals surface area contributed by atoms with E-state index in [1.807, 2.05) is 31.2 Å². The van der Waals surface area contributed by atoms with Crippen molar-refractivity contribution in [2.45, 2.75) is 13.1 Å². The van der Waals surface area contributed by atoms with Crippen LogP contribution in [0, 0.1) is 0 Å². The molecule has 0 spiro atoms.